The zero-order valence-electron chi connectivity index (χ0n) is 10.1. The molecule has 0 aliphatic rings. The molecule has 6 nitrogen and oxygen atoms in total. The van der Waals surface area contributed by atoms with Gasteiger partial charge in [-0.25, -0.2) is 13.2 Å². The predicted molar refractivity (Wildman–Crippen MR) is 65.7 cm³/mol. The van der Waals surface area contributed by atoms with Crippen molar-refractivity contribution in [3.05, 3.63) is 18.0 Å². The molecule has 0 amide bonds. The van der Waals surface area contributed by atoms with Crippen LogP contribution in [0.25, 0.3) is 0 Å². The highest BCUT2D eigenvalue weighted by Gasteiger charge is 2.20. The van der Waals surface area contributed by atoms with E-state index in [1.807, 2.05) is 0 Å². The van der Waals surface area contributed by atoms with E-state index in [2.05, 4.69) is 16.6 Å². The van der Waals surface area contributed by atoms with Crippen LogP contribution in [0.15, 0.2) is 17.2 Å². The van der Waals surface area contributed by atoms with E-state index < -0.39 is 16.0 Å². The molecule has 0 fully saturated rings. The van der Waals surface area contributed by atoms with Gasteiger partial charge in [0.1, 0.15) is 10.6 Å². The molecule has 1 aromatic heterocycles. The largest absolute Gasteiger partial charge is 0.477 e. The number of aryl methyl sites for hydroxylation is 1. The number of hydrogen-bond donors (Lipinski definition) is 2. The highest BCUT2D eigenvalue weighted by molar-refractivity contribution is 7.89. The molecule has 1 aromatic rings. The van der Waals surface area contributed by atoms with E-state index in [0.29, 0.717) is 6.54 Å². The molecule has 0 aliphatic heterocycles. The lowest BCUT2D eigenvalue weighted by Gasteiger charge is -2.00. The molecule has 0 atom stereocenters. The van der Waals surface area contributed by atoms with Crippen molar-refractivity contribution < 1.29 is 18.3 Å². The van der Waals surface area contributed by atoms with Gasteiger partial charge in [0.05, 0.1) is 6.54 Å². The summed E-state index contributed by atoms with van der Waals surface area (Å²) in [5.41, 5.74) is -0.0561. The van der Waals surface area contributed by atoms with Gasteiger partial charge in [0.15, 0.2) is 0 Å². The molecule has 0 spiro atoms. The van der Waals surface area contributed by atoms with Gasteiger partial charge < -0.3 is 9.67 Å². The first-order valence-corrected chi connectivity index (χ1v) is 6.73. The fraction of sp³-hybridized carbons (Fsp3) is 0.364. The molecular formula is C11H14N2O4S. The summed E-state index contributed by atoms with van der Waals surface area (Å²) in [5, 5.41) is 8.93. The van der Waals surface area contributed by atoms with Gasteiger partial charge in [-0.2, -0.15) is 4.72 Å². The van der Waals surface area contributed by atoms with Crippen molar-refractivity contribution in [2.45, 2.75) is 25.3 Å². The molecular weight excluding hydrogens is 256 g/mol. The van der Waals surface area contributed by atoms with E-state index in [9.17, 15) is 13.2 Å². The van der Waals surface area contributed by atoms with Crippen molar-refractivity contribution in [2.24, 2.45) is 0 Å². The van der Waals surface area contributed by atoms with Gasteiger partial charge in [-0.3, -0.25) is 0 Å². The van der Waals surface area contributed by atoms with Crippen molar-refractivity contribution in [1.82, 2.24) is 9.29 Å². The standard InChI is InChI=1S/C11H14N2O4S/c1-3-5-6-12-18(16,17)9-7-10(11(14)15)13(4-2)8-9/h7-8,12H,4,6H2,1-2H3,(H,14,15). The Labute approximate surface area is 106 Å². The van der Waals surface area contributed by atoms with Gasteiger partial charge in [0.2, 0.25) is 10.0 Å². The van der Waals surface area contributed by atoms with E-state index in [0.717, 1.165) is 6.07 Å². The number of hydrogen-bond acceptors (Lipinski definition) is 3. The summed E-state index contributed by atoms with van der Waals surface area (Å²) in [6.45, 7) is 3.72. The first kappa shape index (κ1) is 14.3. The Bertz CT molecular complexity index is 605. The van der Waals surface area contributed by atoms with E-state index in [4.69, 9.17) is 5.11 Å². The van der Waals surface area contributed by atoms with E-state index in [-0.39, 0.29) is 17.1 Å². The fourth-order valence-corrected chi connectivity index (χ4v) is 2.34. The number of nitrogens with zero attached hydrogens (tertiary/aromatic N) is 1. The summed E-state index contributed by atoms with van der Waals surface area (Å²) < 4.78 is 27.3. The average molecular weight is 270 g/mol. The van der Waals surface area contributed by atoms with E-state index >= 15 is 0 Å². The van der Waals surface area contributed by atoms with Crippen LogP contribution in [0.1, 0.15) is 24.3 Å². The lowest BCUT2D eigenvalue weighted by Crippen LogP contribution is -2.23. The number of rotatable bonds is 5. The topological polar surface area (TPSA) is 88.4 Å². The average Bonchev–Trinajstić information content (AvgIpc) is 2.74. The number of carboxylic acid groups (broad SMARTS) is 1. The first-order valence-electron chi connectivity index (χ1n) is 5.25. The molecule has 1 heterocycles. The van der Waals surface area contributed by atoms with Gasteiger partial charge in [-0.1, -0.05) is 5.92 Å². The molecule has 0 radical (unpaired) electrons. The molecule has 1 rings (SSSR count). The molecule has 0 saturated carbocycles. The summed E-state index contributed by atoms with van der Waals surface area (Å²) in [7, 11) is -3.71. The third-order valence-electron chi connectivity index (χ3n) is 2.27. The second-order valence-electron chi connectivity index (χ2n) is 3.40. The molecule has 0 bridgehead atoms. The molecule has 18 heavy (non-hydrogen) atoms. The molecule has 7 heteroatoms. The van der Waals surface area contributed by atoms with E-state index in [1.54, 1.807) is 13.8 Å². The molecule has 0 unspecified atom stereocenters. The van der Waals surface area contributed by atoms with Crippen LogP contribution in [0, 0.1) is 11.8 Å². The quantitative estimate of drug-likeness (QED) is 0.763. The highest BCUT2D eigenvalue weighted by atomic mass is 32.2. The summed E-state index contributed by atoms with van der Waals surface area (Å²) >= 11 is 0. The minimum absolute atomic E-state index is 0.00145. The number of nitrogens with one attached hydrogen (secondary N) is 1. The van der Waals surface area contributed by atoms with Crippen molar-refractivity contribution in [3.63, 3.8) is 0 Å². The third kappa shape index (κ3) is 3.12. The SMILES string of the molecule is CC#CCNS(=O)(=O)c1cc(C(=O)O)n(CC)c1. The van der Waals surface area contributed by atoms with Crippen molar-refractivity contribution in [3.8, 4) is 11.8 Å². The minimum Gasteiger partial charge on any atom is -0.477 e. The Kier molecular flexibility index (Phi) is 4.53. The van der Waals surface area contributed by atoms with Crippen LogP contribution in [0.5, 0.6) is 0 Å². The summed E-state index contributed by atoms with van der Waals surface area (Å²) in [6, 6.07) is 1.13. The number of aromatic nitrogens is 1. The Morgan fingerprint density at radius 2 is 2.22 bits per heavy atom. The third-order valence-corrected chi connectivity index (χ3v) is 3.64. The van der Waals surface area contributed by atoms with Crippen LogP contribution in [0.2, 0.25) is 0 Å². The molecule has 0 saturated heterocycles. The van der Waals surface area contributed by atoms with Crippen molar-refractivity contribution >= 4 is 16.0 Å². The molecule has 0 aliphatic carbocycles. The summed E-state index contributed by atoms with van der Waals surface area (Å²) in [6.07, 6.45) is 1.30. The predicted octanol–water partition coefficient (Wildman–Crippen LogP) is 0.508. The molecule has 0 aromatic carbocycles. The zero-order chi connectivity index (χ0) is 13.8. The van der Waals surface area contributed by atoms with Crippen molar-refractivity contribution in [2.75, 3.05) is 6.54 Å². The van der Waals surface area contributed by atoms with Crippen LogP contribution >= 0.6 is 0 Å². The number of carbonyl (C=O) groups is 1. The second-order valence-corrected chi connectivity index (χ2v) is 5.17. The van der Waals surface area contributed by atoms with Gasteiger partial charge in [-0.05, 0) is 19.9 Å². The summed E-state index contributed by atoms with van der Waals surface area (Å²) in [4.78, 5) is 10.9. The Morgan fingerprint density at radius 1 is 1.56 bits per heavy atom. The van der Waals surface area contributed by atoms with Gasteiger partial charge in [0.25, 0.3) is 0 Å². The number of sulfonamides is 1. The smallest absolute Gasteiger partial charge is 0.352 e. The summed E-state index contributed by atoms with van der Waals surface area (Å²) in [5.74, 6) is 3.97. The monoisotopic (exact) mass is 270 g/mol. The Morgan fingerprint density at radius 3 is 2.67 bits per heavy atom. The maximum Gasteiger partial charge on any atom is 0.352 e. The second kappa shape index (κ2) is 5.71. The fourth-order valence-electron chi connectivity index (χ4n) is 1.37. The normalized spacial score (nSPS) is 10.8. The minimum atomic E-state index is -3.71. The Hall–Kier alpha value is -1.78. The van der Waals surface area contributed by atoms with Crippen LogP contribution in [0.4, 0.5) is 0 Å². The van der Waals surface area contributed by atoms with Gasteiger partial charge >= 0.3 is 5.97 Å². The lowest BCUT2D eigenvalue weighted by molar-refractivity contribution is 0.0685. The van der Waals surface area contributed by atoms with E-state index in [1.165, 1.54) is 10.8 Å². The van der Waals surface area contributed by atoms with Crippen LogP contribution in [0.3, 0.4) is 0 Å². The molecule has 98 valence electrons. The van der Waals surface area contributed by atoms with Crippen LogP contribution in [-0.4, -0.2) is 30.6 Å². The maximum atomic E-state index is 11.8. The lowest BCUT2D eigenvalue weighted by atomic mass is 10.4. The maximum absolute atomic E-state index is 11.8. The van der Waals surface area contributed by atoms with Crippen molar-refractivity contribution in [1.29, 1.82) is 0 Å². The zero-order valence-corrected chi connectivity index (χ0v) is 10.9. The van der Waals surface area contributed by atoms with Crippen LogP contribution < -0.4 is 4.72 Å². The first-order chi connectivity index (χ1) is 8.42. The van der Waals surface area contributed by atoms with Gasteiger partial charge in [0, 0.05) is 12.7 Å². The van der Waals surface area contributed by atoms with Crippen LogP contribution in [-0.2, 0) is 16.6 Å². The number of aromatic carboxylic acids is 1. The van der Waals surface area contributed by atoms with Gasteiger partial charge in [-0.15, -0.1) is 5.92 Å². The molecule has 2 N–H and O–H groups in total. The highest BCUT2D eigenvalue weighted by Crippen LogP contribution is 2.14. The Balaban J connectivity index is 3.08. The number of carboxylic acids is 1.